The number of carboxylic acids is 1. The standard InChI is InChI=1S/C19H11IN2O5S/c20-10-3-1-9(2-4-10)14(15-17(23)21-22-18(15)24)13-6-5-12(27-13)11-7-8-28-16(11)19(25)26/h1-8H,(H,21,23)(H,22,24)(H,25,26). The summed E-state index contributed by atoms with van der Waals surface area (Å²) in [5.74, 6) is -1.53. The van der Waals surface area contributed by atoms with E-state index in [1.54, 1.807) is 35.7 Å². The Labute approximate surface area is 176 Å². The zero-order chi connectivity index (χ0) is 19.8. The van der Waals surface area contributed by atoms with Gasteiger partial charge in [-0.25, -0.2) is 4.79 Å². The van der Waals surface area contributed by atoms with Crippen molar-refractivity contribution in [2.45, 2.75) is 0 Å². The summed E-state index contributed by atoms with van der Waals surface area (Å²) in [5, 5.41) is 11.0. The first-order valence-electron chi connectivity index (χ1n) is 7.98. The Morgan fingerprint density at radius 1 is 1.00 bits per heavy atom. The van der Waals surface area contributed by atoms with Crippen molar-refractivity contribution in [1.29, 1.82) is 0 Å². The van der Waals surface area contributed by atoms with Crippen molar-refractivity contribution in [3.8, 4) is 11.3 Å². The van der Waals surface area contributed by atoms with Crippen LogP contribution in [0.4, 0.5) is 0 Å². The molecule has 0 aliphatic carbocycles. The first kappa shape index (κ1) is 18.4. The minimum absolute atomic E-state index is 0.0640. The zero-order valence-electron chi connectivity index (χ0n) is 14.0. The molecule has 4 rings (SSSR count). The van der Waals surface area contributed by atoms with Crippen LogP contribution in [0.25, 0.3) is 16.9 Å². The third kappa shape index (κ3) is 3.22. The van der Waals surface area contributed by atoms with Gasteiger partial charge in [-0.1, -0.05) is 12.1 Å². The molecule has 140 valence electrons. The first-order chi connectivity index (χ1) is 13.5. The van der Waals surface area contributed by atoms with Crippen molar-refractivity contribution in [2.24, 2.45) is 0 Å². The number of halogens is 1. The van der Waals surface area contributed by atoms with Crippen molar-refractivity contribution in [1.82, 2.24) is 10.9 Å². The maximum Gasteiger partial charge on any atom is 0.346 e. The monoisotopic (exact) mass is 506 g/mol. The summed E-state index contributed by atoms with van der Waals surface area (Å²) in [6.45, 7) is 0. The molecule has 0 saturated carbocycles. The van der Waals surface area contributed by atoms with Crippen LogP contribution < -0.4 is 10.9 Å². The van der Waals surface area contributed by atoms with Gasteiger partial charge in [0.25, 0.3) is 11.8 Å². The Kier molecular flexibility index (Phi) is 4.77. The highest BCUT2D eigenvalue weighted by molar-refractivity contribution is 14.1. The summed E-state index contributed by atoms with van der Waals surface area (Å²) in [4.78, 5) is 36.0. The van der Waals surface area contributed by atoms with E-state index in [1.165, 1.54) is 0 Å². The summed E-state index contributed by atoms with van der Waals surface area (Å²) >= 11 is 3.25. The van der Waals surface area contributed by atoms with Crippen LogP contribution in [0, 0.1) is 3.57 Å². The smallest absolute Gasteiger partial charge is 0.346 e. The van der Waals surface area contributed by atoms with Gasteiger partial charge in [0.05, 0.1) is 0 Å². The molecular weight excluding hydrogens is 495 g/mol. The van der Waals surface area contributed by atoms with E-state index in [0.29, 0.717) is 28.2 Å². The topological polar surface area (TPSA) is 109 Å². The summed E-state index contributed by atoms with van der Waals surface area (Å²) < 4.78 is 6.89. The van der Waals surface area contributed by atoms with Crippen molar-refractivity contribution >= 4 is 57.3 Å². The maximum absolute atomic E-state index is 12.2. The van der Waals surface area contributed by atoms with Gasteiger partial charge in [-0.05, 0) is 63.9 Å². The lowest BCUT2D eigenvalue weighted by Crippen LogP contribution is -2.28. The van der Waals surface area contributed by atoms with Gasteiger partial charge in [-0.2, -0.15) is 0 Å². The van der Waals surface area contributed by atoms with Crippen LogP contribution in [0.15, 0.2) is 57.8 Å². The number of hydrogen-bond acceptors (Lipinski definition) is 5. The molecule has 1 aliphatic heterocycles. The average Bonchev–Trinajstić information content (AvgIpc) is 3.39. The van der Waals surface area contributed by atoms with Crippen LogP contribution in [0.1, 0.15) is 21.0 Å². The van der Waals surface area contributed by atoms with Gasteiger partial charge in [0.2, 0.25) is 0 Å². The Morgan fingerprint density at radius 2 is 1.68 bits per heavy atom. The molecule has 1 fully saturated rings. The number of hydrogen-bond donors (Lipinski definition) is 3. The maximum atomic E-state index is 12.2. The van der Waals surface area contributed by atoms with Gasteiger partial charge in [-0.15, -0.1) is 11.3 Å². The van der Waals surface area contributed by atoms with Crippen molar-refractivity contribution in [3.63, 3.8) is 0 Å². The highest BCUT2D eigenvalue weighted by atomic mass is 127. The summed E-state index contributed by atoms with van der Waals surface area (Å²) in [6.07, 6.45) is 0. The van der Waals surface area contributed by atoms with Crippen LogP contribution >= 0.6 is 33.9 Å². The number of benzene rings is 1. The Bertz CT molecular complexity index is 1130. The Morgan fingerprint density at radius 3 is 2.32 bits per heavy atom. The molecule has 3 aromatic rings. The quantitative estimate of drug-likeness (QED) is 0.286. The second-order valence-electron chi connectivity index (χ2n) is 5.80. The normalized spacial score (nSPS) is 13.4. The van der Waals surface area contributed by atoms with Crippen molar-refractivity contribution in [2.75, 3.05) is 0 Å². The number of amides is 2. The molecule has 1 aliphatic rings. The highest BCUT2D eigenvalue weighted by Gasteiger charge is 2.32. The lowest BCUT2D eigenvalue weighted by atomic mass is 9.97. The minimum atomic E-state index is -1.05. The van der Waals surface area contributed by atoms with Crippen LogP contribution in [-0.2, 0) is 9.59 Å². The predicted molar refractivity (Wildman–Crippen MR) is 110 cm³/mol. The summed E-state index contributed by atoms with van der Waals surface area (Å²) in [5.41, 5.74) is 5.93. The molecule has 3 N–H and O–H groups in total. The highest BCUT2D eigenvalue weighted by Crippen LogP contribution is 2.35. The van der Waals surface area contributed by atoms with Crippen LogP contribution in [-0.4, -0.2) is 22.9 Å². The molecule has 0 radical (unpaired) electrons. The van der Waals surface area contributed by atoms with E-state index in [1.807, 2.05) is 12.1 Å². The largest absolute Gasteiger partial charge is 0.477 e. The zero-order valence-corrected chi connectivity index (χ0v) is 17.0. The fourth-order valence-electron chi connectivity index (χ4n) is 2.88. The number of aromatic carboxylic acids is 1. The fraction of sp³-hybridized carbons (Fsp3) is 0. The Hall–Kier alpha value is -2.92. The van der Waals surface area contributed by atoms with E-state index >= 15 is 0 Å². The van der Waals surface area contributed by atoms with E-state index < -0.39 is 17.8 Å². The first-order valence-corrected chi connectivity index (χ1v) is 9.94. The predicted octanol–water partition coefficient (Wildman–Crippen LogP) is 3.27. The molecule has 0 bridgehead atoms. The van der Waals surface area contributed by atoms with Gasteiger partial charge in [0.1, 0.15) is 22.0 Å². The number of hydrazine groups is 1. The molecule has 1 aromatic carbocycles. The minimum Gasteiger partial charge on any atom is -0.477 e. The molecule has 2 aromatic heterocycles. The molecular formula is C19H11IN2O5S. The molecule has 0 unspecified atom stereocenters. The number of carboxylic acid groups (broad SMARTS) is 1. The number of thiophene rings is 1. The van der Waals surface area contributed by atoms with E-state index in [-0.39, 0.29) is 10.5 Å². The van der Waals surface area contributed by atoms with Gasteiger partial charge >= 0.3 is 5.97 Å². The van der Waals surface area contributed by atoms with Gasteiger partial charge in [0.15, 0.2) is 0 Å². The number of furan rings is 1. The second kappa shape index (κ2) is 7.24. The van der Waals surface area contributed by atoms with Gasteiger partial charge in [-0.3, -0.25) is 20.4 Å². The van der Waals surface area contributed by atoms with Crippen molar-refractivity contribution in [3.05, 3.63) is 73.2 Å². The van der Waals surface area contributed by atoms with E-state index in [4.69, 9.17) is 4.42 Å². The molecule has 2 amide bonds. The summed E-state index contributed by atoms with van der Waals surface area (Å²) in [7, 11) is 0. The molecule has 28 heavy (non-hydrogen) atoms. The lowest BCUT2D eigenvalue weighted by Gasteiger charge is -2.07. The molecule has 3 heterocycles. The van der Waals surface area contributed by atoms with E-state index in [9.17, 15) is 19.5 Å². The number of rotatable bonds is 4. The lowest BCUT2D eigenvalue weighted by molar-refractivity contribution is -0.117. The van der Waals surface area contributed by atoms with Crippen LogP contribution in [0.2, 0.25) is 0 Å². The van der Waals surface area contributed by atoms with Crippen LogP contribution in [0.3, 0.4) is 0 Å². The van der Waals surface area contributed by atoms with Gasteiger partial charge in [0, 0.05) is 14.7 Å². The molecule has 0 atom stereocenters. The molecule has 9 heteroatoms. The van der Waals surface area contributed by atoms with Crippen LogP contribution in [0.5, 0.6) is 0 Å². The second-order valence-corrected chi connectivity index (χ2v) is 7.96. The molecule has 7 nitrogen and oxygen atoms in total. The molecule has 1 saturated heterocycles. The fourth-order valence-corrected chi connectivity index (χ4v) is 3.98. The average molecular weight is 506 g/mol. The van der Waals surface area contributed by atoms with E-state index in [2.05, 4.69) is 33.4 Å². The SMILES string of the molecule is O=C1NNC(=O)C1=C(c1ccc(I)cc1)c1ccc(-c2ccsc2C(=O)O)o1. The van der Waals surface area contributed by atoms with Crippen molar-refractivity contribution < 1.29 is 23.9 Å². The number of carbonyl (C=O) groups excluding carboxylic acids is 2. The molecule has 0 spiro atoms. The summed E-state index contributed by atoms with van der Waals surface area (Å²) in [6, 6.07) is 12.2. The number of carbonyl (C=O) groups is 3. The van der Waals surface area contributed by atoms with Gasteiger partial charge < -0.3 is 9.52 Å². The van der Waals surface area contributed by atoms with E-state index in [0.717, 1.165) is 14.9 Å². The number of nitrogens with one attached hydrogen (secondary N) is 2. The Balaban J connectivity index is 1.89. The third-order valence-electron chi connectivity index (χ3n) is 4.10. The third-order valence-corrected chi connectivity index (χ3v) is 5.73.